The number of hydrazone groups is 1. The molecule has 2 aromatic rings. The molecule has 24 heavy (non-hydrogen) atoms. The quantitative estimate of drug-likeness (QED) is 0.605. The van der Waals surface area contributed by atoms with Gasteiger partial charge in [0.2, 0.25) is 0 Å². The number of carbonyl (C=O) groups excluding carboxylic acids is 1. The van der Waals surface area contributed by atoms with Crippen molar-refractivity contribution in [2.75, 3.05) is 0 Å². The summed E-state index contributed by atoms with van der Waals surface area (Å²) in [7, 11) is 0. The van der Waals surface area contributed by atoms with Crippen LogP contribution in [0.4, 0.5) is 0 Å². The largest absolute Gasteiger partial charge is 0.489 e. The number of benzene rings is 2. The Bertz CT molecular complexity index is 679. The van der Waals surface area contributed by atoms with E-state index in [0.29, 0.717) is 18.1 Å². The summed E-state index contributed by atoms with van der Waals surface area (Å²) in [6.07, 6.45) is 1.00. The van der Waals surface area contributed by atoms with Crippen LogP contribution in [0.25, 0.3) is 0 Å². The summed E-state index contributed by atoms with van der Waals surface area (Å²) >= 11 is 0. The van der Waals surface area contributed by atoms with Crippen molar-refractivity contribution in [3.63, 3.8) is 0 Å². The highest BCUT2D eigenvalue weighted by Crippen LogP contribution is 2.12. The van der Waals surface area contributed by atoms with E-state index in [4.69, 9.17) is 4.74 Å². The molecule has 0 saturated carbocycles. The Labute approximate surface area is 143 Å². The van der Waals surface area contributed by atoms with Crippen molar-refractivity contribution < 1.29 is 9.53 Å². The smallest absolute Gasteiger partial charge is 0.271 e. The van der Waals surface area contributed by atoms with E-state index in [1.807, 2.05) is 49.4 Å². The molecule has 1 atom stereocenters. The van der Waals surface area contributed by atoms with Gasteiger partial charge >= 0.3 is 0 Å². The number of rotatable bonds is 7. The number of ether oxygens (including phenoxy) is 1. The molecule has 0 saturated heterocycles. The van der Waals surface area contributed by atoms with Crippen LogP contribution in [0, 0.1) is 5.92 Å². The number of hydrogen-bond acceptors (Lipinski definition) is 3. The summed E-state index contributed by atoms with van der Waals surface area (Å²) in [5.41, 5.74) is 5.13. The van der Waals surface area contributed by atoms with Crippen molar-refractivity contribution in [3.8, 4) is 5.75 Å². The SMILES string of the molecule is CCC(C)C(C)=NNC(=O)c1ccc(COc2ccccc2)cc1. The highest BCUT2D eigenvalue weighted by atomic mass is 16.5. The molecule has 1 unspecified atom stereocenters. The van der Waals surface area contributed by atoms with Gasteiger partial charge in [-0.3, -0.25) is 4.79 Å². The fourth-order valence-corrected chi connectivity index (χ4v) is 2.04. The van der Waals surface area contributed by atoms with E-state index in [-0.39, 0.29) is 5.91 Å². The fraction of sp³-hybridized carbons (Fsp3) is 0.300. The van der Waals surface area contributed by atoms with Crippen molar-refractivity contribution in [3.05, 3.63) is 65.7 Å². The molecule has 126 valence electrons. The Morgan fingerprint density at radius 1 is 1.12 bits per heavy atom. The molecule has 4 nitrogen and oxygen atoms in total. The van der Waals surface area contributed by atoms with Gasteiger partial charge in [0.1, 0.15) is 12.4 Å². The van der Waals surface area contributed by atoms with E-state index in [1.54, 1.807) is 12.1 Å². The number of carbonyl (C=O) groups is 1. The van der Waals surface area contributed by atoms with E-state index in [2.05, 4.69) is 24.4 Å². The molecule has 2 rings (SSSR count). The average Bonchev–Trinajstić information content (AvgIpc) is 2.64. The third-order valence-electron chi connectivity index (χ3n) is 4.02. The Balaban J connectivity index is 1.90. The minimum Gasteiger partial charge on any atom is -0.489 e. The molecular weight excluding hydrogens is 300 g/mol. The molecule has 4 heteroatoms. The van der Waals surface area contributed by atoms with E-state index in [0.717, 1.165) is 23.4 Å². The third kappa shape index (κ3) is 5.23. The van der Waals surface area contributed by atoms with E-state index < -0.39 is 0 Å². The van der Waals surface area contributed by atoms with E-state index in [9.17, 15) is 4.79 Å². The maximum absolute atomic E-state index is 12.1. The lowest BCUT2D eigenvalue weighted by molar-refractivity contribution is 0.0954. The van der Waals surface area contributed by atoms with Crippen molar-refractivity contribution in [1.29, 1.82) is 0 Å². The van der Waals surface area contributed by atoms with Gasteiger partial charge in [-0.15, -0.1) is 0 Å². The zero-order valence-electron chi connectivity index (χ0n) is 14.5. The third-order valence-corrected chi connectivity index (χ3v) is 4.02. The van der Waals surface area contributed by atoms with Crippen LogP contribution in [0.1, 0.15) is 43.1 Å². The van der Waals surface area contributed by atoms with Crippen molar-refractivity contribution >= 4 is 11.6 Å². The predicted molar refractivity (Wildman–Crippen MR) is 97.2 cm³/mol. The summed E-state index contributed by atoms with van der Waals surface area (Å²) in [5, 5.41) is 4.16. The van der Waals surface area contributed by atoms with Crippen molar-refractivity contribution in [1.82, 2.24) is 5.43 Å². The lowest BCUT2D eigenvalue weighted by atomic mass is 10.1. The van der Waals surface area contributed by atoms with E-state index in [1.165, 1.54) is 0 Å². The first kappa shape index (κ1) is 17.7. The molecule has 1 N–H and O–H groups in total. The topological polar surface area (TPSA) is 50.7 Å². The van der Waals surface area contributed by atoms with Crippen LogP contribution in [-0.4, -0.2) is 11.6 Å². The highest BCUT2D eigenvalue weighted by molar-refractivity contribution is 5.95. The molecule has 0 heterocycles. The molecule has 2 aromatic carbocycles. The van der Waals surface area contributed by atoms with Gasteiger partial charge in [0.05, 0.1) is 0 Å². The first-order valence-corrected chi connectivity index (χ1v) is 8.21. The molecule has 0 aliphatic rings. The molecular formula is C20H24N2O2. The second-order valence-electron chi connectivity index (χ2n) is 5.80. The van der Waals surface area contributed by atoms with Crippen LogP contribution in [0.2, 0.25) is 0 Å². The summed E-state index contributed by atoms with van der Waals surface area (Å²) in [4.78, 5) is 12.1. The molecule has 0 aliphatic heterocycles. The minimum absolute atomic E-state index is 0.201. The lowest BCUT2D eigenvalue weighted by Crippen LogP contribution is -2.21. The summed E-state index contributed by atoms with van der Waals surface area (Å²) in [6.45, 7) is 6.59. The number of nitrogens with one attached hydrogen (secondary N) is 1. The Morgan fingerprint density at radius 2 is 1.79 bits per heavy atom. The van der Waals surface area contributed by atoms with E-state index >= 15 is 0 Å². The Morgan fingerprint density at radius 3 is 2.42 bits per heavy atom. The second kappa shape index (κ2) is 8.87. The van der Waals surface area contributed by atoms with Crippen LogP contribution in [0.3, 0.4) is 0 Å². The van der Waals surface area contributed by atoms with Gasteiger partial charge in [-0.05, 0) is 49.1 Å². The molecule has 0 spiro atoms. The Hall–Kier alpha value is -2.62. The molecule has 0 bridgehead atoms. The van der Waals surface area contributed by atoms with Crippen LogP contribution >= 0.6 is 0 Å². The van der Waals surface area contributed by atoms with Gasteiger partial charge in [0.15, 0.2) is 0 Å². The van der Waals surface area contributed by atoms with Gasteiger partial charge in [-0.25, -0.2) is 5.43 Å². The minimum atomic E-state index is -0.201. The summed E-state index contributed by atoms with van der Waals surface area (Å²) < 4.78 is 5.69. The van der Waals surface area contributed by atoms with Gasteiger partial charge < -0.3 is 4.74 Å². The highest BCUT2D eigenvalue weighted by Gasteiger charge is 2.07. The number of amides is 1. The van der Waals surface area contributed by atoms with Crippen molar-refractivity contribution in [2.24, 2.45) is 11.0 Å². The first-order valence-electron chi connectivity index (χ1n) is 8.21. The summed E-state index contributed by atoms with van der Waals surface area (Å²) in [6, 6.07) is 17.0. The molecule has 0 aromatic heterocycles. The van der Waals surface area contributed by atoms with Crippen molar-refractivity contribution in [2.45, 2.75) is 33.8 Å². The number of hydrogen-bond donors (Lipinski definition) is 1. The predicted octanol–water partition coefficient (Wildman–Crippen LogP) is 4.42. The van der Waals surface area contributed by atoms with Crippen LogP contribution in [0.15, 0.2) is 59.7 Å². The molecule has 0 fully saturated rings. The molecule has 0 aliphatic carbocycles. The molecule has 1 amide bonds. The average molecular weight is 324 g/mol. The molecule has 0 radical (unpaired) electrons. The summed E-state index contributed by atoms with van der Waals surface area (Å²) in [5.74, 6) is 0.991. The number of para-hydroxylation sites is 1. The Kier molecular flexibility index (Phi) is 6.55. The first-order chi connectivity index (χ1) is 11.6. The second-order valence-corrected chi connectivity index (χ2v) is 5.80. The monoisotopic (exact) mass is 324 g/mol. The van der Waals surface area contributed by atoms with Gasteiger partial charge in [-0.1, -0.05) is 44.2 Å². The van der Waals surface area contributed by atoms with Crippen LogP contribution < -0.4 is 10.2 Å². The van der Waals surface area contributed by atoms with Gasteiger partial charge in [-0.2, -0.15) is 5.10 Å². The zero-order chi connectivity index (χ0) is 17.4. The number of nitrogens with zero attached hydrogens (tertiary/aromatic N) is 1. The lowest BCUT2D eigenvalue weighted by Gasteiger charge is -2.09. The zero-order valence-corrected chi connectivity index (χ0v) is 14.5. The van der Waals surface area contributed by atoms with Crippen LogP contribution in [0.5, 0.6) is 5.75 Å². The maximum atomic E-state index is 12.1. The fourth-order valence-electron chi connectivity index (χ4n) is 2.04. The van der Waals surface area contributed by atoms with Gasteiger partial charge in [0, 0.05) is 11.3 Å². The maximum Gasteiger partial charge on any atom is 0.271 e. The van der Waals surface area contributed by atoms with Gasteiger partial charge in [0.25, 0.3) is 5.91 Å². The van der Waals surface area contributed by atoms with Crippen LogP contribution in [-0.2, 0) is 6.61 Å². The normalized spacial score (nSPS) is 12.5. The standard InChI is InChI=1S/C20H24N2O2/c1-4-15(2)16(3)21-22-20(23)18-12-10-17(11-13-18)14-24-19-8-6-5-7-9-19/h5-13,15H,4,14H2,1-3H3,(H,22,23).